The molecule has 1 aromatic heterocycles. The Hall–Kier alpha value is -1.49. The molecule has 10 heteroatoms. The number of aliphatic hydroxyl groups excluding tert-OH is 2. The van der Waals surface area contributed by atoms with Gasteiger partial charge in [0.1, 0.15) is 11.6 Å². The molecule has 3 rings (SSSR count). The van der Waals surface area contributed by atoms with Gasteiger partial charge in [0.25, 0.3) is 0 Å². The van der Waals surface area contributed by atoms with Gasteiger partial charge in [0, 0.05) is 18.3 Å². The van der Waals surface area contributed by atoms with Crippen molar-refractivity contribution < 1.29 is 62.6 Å². The van der Waals surface area contributed by atoms with Crippen molar-refractivity contribution in [3.8, 4) is 5.75 Å². The van der Waals surface area contributed by atoms with Crippen LogP contribution in [0.5, 0.6) is 5.75 Å². The van der Waals surface area contributed by atoms with Crippen molar-refractivity contribution in [3.05, 3.63) is 88.3 Å². The Morgan fingerprint density at radius 3 is 2.08 bits per heavy atom. The van der Waals surface area contributed by atoms with E-state index in [1.807, 2.05) is 30.3 Å². The summed E-state index contributed by atoms with van der Waals surface area (Å²) in [6.07, 6.45) is 6.45. The van der Waals surface area contributed by atoms with E-state index in [1.54, 1.807) is 0 Å². The van der Waals surface area contributed by atoms with Crippen LogP contribution in [0.4, 0.5) is 5.82 Å². The average Bonchev–Trinajstić information content (AvgIpc) is 2.95. The first-order chi connectivity index (χ1) is 18.4. The first-order valence-electron chi connectivity index (χ1n) is 12.9. The first kappa shape index (κ1) is 43.0. The zero-order chi connectivity index (χ0) is 28.6. The molecule has 0 bridgehead atoms. The van der Waals surface area contributed by atoms with Crippen molar-refractivity contribution in [1.29, 1.82) is 0 Å². The summed E-state index contributed by atoms with van der Waals surface area (Å²) in [5.74, 6) is 1.99. The summed E-state index contributed by atoms with van der Waals surface area (Å²) >= 11 is 0. The van der Waals surface area contributed by atoms with Crippen LogP contribution in [0.3, 0.4) is 0 Å². The van der Waals surface area contributed by atoms with Gasteiger partial charge in [-0.1, -0.05) is 30.7 Å². The monoisotopic (exact) mass is 541 g/mol. The van der Waals surface area contributed by atoms with E-state index in [2.05, 4.69) is 62.4 Å². The van der Waals surface area contributed by atoms with Gasteiger partial charge in [0.05, 0.1) is 0 Å². The molecule has 1 atom stereocenters. The zero-order valence-corrected chi connectivity index (χ0v) is 24.5. The second-order valence-electron chi connectivity index (χ2n) is 8.25. The largest absolute Gasteiger partial charge is 1.00 e. The number of nitrogens with one attached hydrogen (secondary N) is 2. The molecule has 0 saturated carbocycles. The maximum atomic E-state index is 9.59. The Labute approximate surface area is 266 Å². The number of rotatable bonds is 11. The van der Waals surface area contributed by atoms with Gasteiger partial charge in [-0.25, -0.2) is 4.98 Å². The fraction of sp³-hybridized carbons (Fsp3) is 0.433. The smallest absolute Gasteiger partial charge is 0.525 e. The van der Waals surface area contributed by atoms with Gasteiger partial charge >= 0.3 is 37.7 Å². The molecular formula is C30H45Li2N3O5-4. The molecule has 0 saturated heterocycles. The molecule has 5 N–H and O–H groups in total. The number of ether oxygens (including phenoxy) is 1. The molecule has 1 aliphatic rings. The molecule has 0 spiro atoms. The number of nitrogens with zero attached hydrogens (tertiary/aromatic N) is 1. The van der Waals surface area contributed by atoms with Crippen LogP contribution >= 0.6 is 0 Å². The summed E-state index contributed by atoms with van der Waals surface area (Å²) < 4.78 is 5.09. The quantitative estimate of drug-likeness (QED) is 0.0951. The molecule has 40 heavy (non-hydrogen) atoms. The van der Waals surface area contributed by atoms with Crippen molar-refractivity contribution >= 4 is 12.2 Å². The Morgan fingerprint density at radius 2 is 1.62 bits per heavy atom. The van der Waals surface area contributed by atoms with Crippen LogP contribution in [0, 0.1) is 34.6 Å². The number of anilines is 1. The normalized spacial score (nSPS) is 11.7. The fourth-order valence-electron chi connectivity index (χ4n) is 2.96. The Kier molecular flexibility index (Phi) is 31.2. The van der Waals surface area contributed by atoms with Crippen LogP contribution < -0.4 is 53.1 Å². The van der Waals surface area contributed by atoms with Crippen molar-refractivity contribution in [2.75, 3.05) is 18.5 Å². The second kappa shape index (κ2) is 29.0. The fourth-order valence-corrected chi connectivity index (χ4v) is 2.96. The summed E-state index contributed by atoms with van der Waals surface area (Å²) in [5.41, 5.74) is 2.57. The van der Waals surface area contributed by atoms with Gasteiger partial charge in [-0.05, 0) is 55.7 Å². The minimum atomic E-state index is -1.55. The molecule has 2 heterocycles. The zero-order valence-electron chi connectivity index (χ0n) is 24.5. The van der Waals surface area contributed by atoms with Gasteiger partial charge in [-0.15, -0.1) is 0 Å². The minimum Gasteiger partial charge on any atom is -0.525 e. The number of fused-ring (bicyclic) bond motifs is 1. The molecule has 1 amide bonds. The van der Waals surface area contributed by atoms with Crippen LogP contribution in [0.1, 0.15) is 49.8 Å². The van der Waals surface area contributed by atoms with Gasteiger partial charge in [0.2, 0.25) is 0 Å². The molecular weight excluding hydrogens is 496 g/mol. The predicted molar refractivity (Wildman–Crippen MR) is 153 cm³/mol. The summed E-state index contributed by atoms with van der Waals surface area (Å²) in [6.45, 7) is 19.3. The van der Waals surface area contributed by atoms with Gasteiger partial charge < -0.3 is 70.1 Å². The van der Waals surface area contributed by atoms with E-state index in [9.17, 15) is 4.79 Å². The van der Waals surface area contributed by atoms with Crippen molar-refractivity contribution in [3.63, 3.8) is 0 Å². The first-order valence-corrected chi connectivity index (χ1v) is 12.9. The summed E-state index contributed by atoms with van der Waals surface area (Å²) in [5, 5.41) is 30.8. The summed E-state index contributed by atoms with van der Waals surface area (Å²) in [6, 6.07) is 13.3. The number of hydrogen-bond acceptors (Lipinski definition) is 7. The topological polar surface area (TPSA) is 124 Å². The molecule has 1 aliphatic heterocycles. The maximum absolute atomic E-state index is 9.59. The molecule has 0 aliphatic carbocycles. The van der Waals surface area contributed by atoms with Crippen LogP contribution in [0.15, 0.2) is 42.5 Å². The number of aromatic nitrogens is 1. The van der Waals surface area contributed by atoms with E-state index < -0.39 is 12.3 Å². The number of para-hydroxylation sites is 1. The Balaban J connectivity index is -0.000000471. The van der Waals surface area contributed by atoms with Gasteiger partial charge in [0.15, 0.2) is 6.29 Å². The Bertz CT molecular complexity index is 828. The number of pyridine rings is 1. The number of aliphatic hydroxyl groups is 3. The SMILES string of the molecule is [CH2-]CC(O)C[CH2-].[CH2-]CCCc1ccc2c(n1)NCCC2.[CH2-]COc1ccccc1.[CH2-]C[C@H](N[C-]=O)C(O)O.[Li+].[Li+]. The molecule has 0 radical (unpaired) electrons. The number of carbonyl (C=O) groups excluding carboxylic acids is 1. The average molecular weight is 542 g/mol. The molecule has 2 aromatic rings. The maximum Gasteiger partial charge on any atom is 1.00 e. The molecule has 1 aromatic carbocycles. The number of hydrogen-bond donors (Lipinski definition) is 5. The summed E-state index contributed by atoms with van der Waals surface area (Å²) in [7, 11) is 0. The number of amides is 1. The standard InChI is InChI=1S/C12H17N2.C8H9O.C5H9NO3.C5H10O.2Li/c1-2-3-6-11-8-7-10-5-4-9-13-12(10)14-11;1-2-9-8-6-4-3-5-7-8;1-2-4(5(8)9)6-3-7;1-3-5(6)4-2;;/h7-8H,1-6,9H2,(H,13,14);3-7H,1-2H2;4-5,8-9H,1-2H2,(H,6,7);5-6H,1-4H2;;/q2*-1;2*-2;2*+1/t;;4-;;;/m..0.../s1. The van der Waals surface area contributed by atoms with Gasteiger partial charge in [-0.2, -0.15) is 32.1 Å². The van der Waals surface area contributed by atoms with E-state index in [0.29, 0.717) is 19.4 Å². The molecule has 0 fully saturated rings. The van der Waals surface area contributed by atoms with E-state index in [0.717, 1.165) is 37.4 Å². The van der Waals surface area contributed by atoms with Crippen molar-refractivity contribution in [1.82, 2.24) is 10.3 Å². The Morgan fingerprint density at radius 1 is 0.975 bits per heavy atom. The third kappa shape index (κ3) is 21.3. The second-order valence-corrected chi connectivity index (χ2v) is 8.25. The van der Waals surface area contributed by atoms with E-state index in [1.165, 1.54) is 30.5 Å². The predicted octanol–water partition coefficient (Wildman–Crippen LogP) is -2.15. The van der Waals surface area contributed by atoms with Crippen LogP contribution in [0.2, 0.25) is 0 Å². The number of benzene rings is 1. The van der Waals surface area contributed by atoms with Crippen molar-refractivity contribution in [2.24, 2.45) is 0 Å². The number of unbranched alkanes of at least 4 members (excludes halogenated alkanes) is 1. The van der Waals surface area contributed by atoms with Crippen LogP contribution in [-0.4, -0.2) is 58.3 Å². The van der Waals surface area contributed by atoms with Gasteiger partial charge in [-0.3, -0.25) is 0 Å². The van der Waals surface area contributed by atoms with E-state index in [4.69, 9.17) is 20.1 Å². The van der Waals surface area contributed by atoms with Crippen LogP contribution in [-0.2, 0) is 17.6 Å². The molecule has 8 nitrogen and oxygen atoms in total. The molecule has 216 valence electrons. The molecule has 0 unspecified atom stereocenters. The summed E-state index contributed by atoms with van der Waals surface area (Å²) in [4.78, 5) is 14.2. The van der Waals surface area contributed by atoms with E-state index >= 15 is 0 Å². The van der Waals surface area contributed by atoms with Crippen LogP contribution in [0.25, 0.3) is 0 Å². The third-order valence-corrected chi connectivity index (χ3v) is 5.23. The minimum absolute atomic E-state index is 0. The number of aryl methyl sites for hydroxylation is 2. The van der Waals surface area contributed by atoms with E-state index in [-0.39, 0.29) is 50.2 Å². The third-order valence-electron chi connectivity index (χ3n) is 5.23. The van der Waals surface area contributed by atoms with Crippen molar-refractivity contribution in [2.45, 2.75) is 69.8 Å².